The minimum atomic E-state index is -1.07. The summed E-state index contributed by atoms with van der Waals surface area (Å²) in [6, 6.07) is 3.33. The molecular weight excluding hydrogens is 534 g/mol. The van der Waals surface area contributed by atoms with Crippen LogP contribution in [-0.2, 0) is 35.0 Å². The van der Waals surface area contributed by atoms with Crippen molar-refractivity contribution in [3.8, 4) is 11.5 Å². The molecule has 11 nitrogen and oxygen atoms in total. The fourth-order valence-corrected chi connectivity index (χ4v) is 2.90. The SMILES string of the molecule is CCC(C)COC(=O)Oc1ccc(C[C@H](N)C(=O)OC[C@H](C)OC(=O)C(C)(C)CC)cc1OC(=O)OCC(C)CC. The number of esters is 2. The third kappa shape index (κ3) is 13.2. The van der Waals surface area contributed by atoms with E-state index in [1.165, 1.54) is 12.1 Å². The van der Waals surface area contributed by atoms with E-state index in [1.807, 2.05) is 34.6 Å². The van der Waals surface area contributed by atoms with Crippen LogP contribution in [-0.4, -0.2) is 56.2 Å². The van der Waals surface area contributed by atoms with Crippen molar-refractivity contribution in [2.24, 2.45) is 23.0 Å². The van der Waals surface area contributed by atoms with Gasteiger partial charge in [-0.25, -0.2) is 9.59 Å². The zero-order chi connectivity index (χ0) is 31.2. The van der Waals surface area contributed by atoms with Crippen LogP contribution in [0.4, 0.5) is 9.59 Å². The van der Waals surface area contributed by atoms with Gasteiger partial charge >= 0.3 is 24.2 Å². The molecule has 0 saturated heterocycles. The van der Waals surface area contributed by atoms with Crippen LogP contribution in [0.15, 0.2) is 18.2 Å². The second kappa shape index (κ2) is 17.5. The Morgan fingerprint density at radius 2 is 1.34 bits per heavy atom. The van der Waals surface area contributed by atoms with Gasteiger partial charge in [-0.2, -0.15) is 0 Å². The fraction of sp³-hybridized carbons (Fsp3) is 0.667. The van der Waals surface area contributed by atoms with Crippen LogP contribution in [0.3, 0.4) is 0 Å². The molecule has 0 spiro atoms. The largest absolute Gasteiger partial charge is 0.513 e. The summed E-state index contributed by atoms with van der Waals surface area (Å²) in [5, 5.41) is 0. The molecule has 0 aliphatic carbocycles. The summed E-state index contributed by atoms with van der Waals surface area (Å²) in [7, 11) is 0. The number of hydrogen-bond acceptors (Lipinski definition) is 11. The molecule has 0 heterocycles. The van der Waals surface area contributed by atoms with Gasteiger partial charge in [-0.3, -0.25) is 9.59 Å². The van der Waals surface area contributed by atoms with Crippen molar-refractivity contribution < 1.29 is 47.6 Å². The number of carbonyl (C=O) groups is 4. The smallest absolute Gasteiger partial charge is 0.461 e. The lowest BCUT2D eigenvalue weighted by Crippen LogP contribution is -2.37. The second-order valence-electron chi connectivity index (χ2n) is 11.0. The molecule has 4 atom stereocenters. The predicted octanol–water partition coefficient (Wildman–Crippen LogP) is 5.59. The molecule has 0 aromatic heterocycles. The molecule has 2 N–H and O–H groups in total. The van der Waals surface area contributed by atoms with Gasteiger partial charge in [0.05, 0.1) is 18.6 Å². The van der Waals surface area contributed by atoms with E-state index in [0.717, 1.165) is 12.8 Å². The molecule has 1 aromatic rings. The van der Waals surface area contributed by atoms with E-state index in [9.17, 15) is 19.2 Å². The first-order valence-electron chi connectivity index (χ1n) is 14.2. The monoisotopic (exact) mass is 581 g/mol. The number of ether oxygens (including phenoxy) is 6. The summed E-state index contributed by atoms with van der Waals surface area (Å²) in [4.78, 5) is 49.3. The highest BCUT2D eigenvalue weighted by atomic mass is 16.7. The summed E-state index contributed by atoms with van der Waals surface area (Å²) < 4.78 is 31.5. The Hall–Kier alpha value is -3.34. The molecule has 0 aliphatic heterocycles. The highest BCUT2D eigenvalue weighted by Gasteiger charge is 2.29. The summed E-state index contributed by atoms with van der Waals surface area (Å²) in [5.74, 6) is -0.965. The van der Waals surface area contributed by atoms with E-state index in [4.69, 9.17) is 34.2 Å². The number of hydrogen-bond donors (Lipinski definition) is 1. The van der Waals surface area contributed by atoms with Gasteiger partial charge in [0.15, 0.2) is 11.5 Å². The van der Waals surface area contributed by atoms with E-state index in [0.29, 0.717) is 12.0 Å². The van der Waals surface area contributed by atoms with Gasteiger partial charge in [-0.15, -0.1) is 0 Å². The molecule has 1 rings (SSSR count). The lowest BCUT2D eigenvalue weighted by atomic mass is 9.91. The number of rotatable bonds is 16. The van der Waals surface area contributed by atoms with Crippen molar-refractivity contribution in [3.63, 3.8) is 0 Å². The minimum absolute atomic E-state index is 0.0207. The Morgan fingerprint density at radius 3 is 1.85 bits per heavy atom. The Morgan fingerprint density at radius 1 is 0.805 bits per heavy atom. The first-order valence-corrected chi connectivity index (χ1v) is 14.2. The van der Waals surface area contributed by atoms with Crippen LogP contribution in [0.1, 0.15) is 80.2 Å². The van der Waals surface area contributed by atoms with Crippen LogP contribution >= 0.6 is 0 Å². The van der Waals surface area contributed by atoms with E-state index in [2.05, 4.69) is 0 Å². The third-order valence-corrected chi connectivity index (χ3v) is 6.72. The molecule has 0 amide bonds. The maximum absolute atomic E-state index is 12.5. The van der Waals surface area contributed by atoms with Crippen LogP contribution in [0, 0.1) is 17.3 Å². The first kappa shape index (κ1) is 35.7. The van der Waals surface area contributed by atoms with E-state index >= 15 is 0 Å². The highest BCUT2D eigenvalue weighted by Crippen LogP contribution is 2.30. The van der Waals surface area contributed by atoms with Gasteiger partial charge in [-0.05, 0) is 63.1 Å². The van der Waals surface area contributed by atoms with Crippen molar-refractivity contribution >= 4 is 24.2 Å². The molecule has 0 radical (unpaired) electrons. The summed E-state index contributed by atoms with van der Waals surface area (Å²) in [5.41, 5.74) is 5.92. The molecular formula is C30H47NO10. The summed E-state index contributed by atoms with van der Waals surface area (Å²) >= 11 is 0. The highest BCUT2D eigenvalue weighted by molar-refractivity contribution is 5.77. The fourth-order valence-electron chi connectivity index (χ4n) is 2.90. The van der Waals surface area contributed by atoms with Crippen molar-refractivity contribution in [2.45, 2.75) is 93.2 Å². The predicted molar refractivity (Wildman–Crippen MR) is 152 cm³/mol. The molecule has 11 heteroatoms. The Bertz CT molecular complexity index is 1010. The second-order valence-corrected chi connectivity index (χ2v) is 11.0. The molecule has 232 valence electrons. The van der Waals surface area contributed by atoms with Crippen LogP contribution in [0.2, 0.25) is 0 Å². The van der Waals surface area contributed by atoms with Gasteiger partial charge in [0.25, 0.3) is 0 Å². The van der Waals surface area contributed by atoms with Crippen LogP contribution in [0.25, 0.3) is 0 Å². The van der Waals surface area contributed by atoms with E-state index in [-0.39, 0.29) is 55.5 Å². The Kier molecular flexibility index (Phi) is 15.2. The number of nitrogens with two attached hydrogens (primary N) is 1. The first-order chi connectivity index (χ1) is 19.2. The van der Waals surface area contributed by atoms with Crippen molar-refractivity contribution in [2.75, 3.05) is 19.8 Å². The van der Waals surface area contributed by atoms with Crippen LogP contribution < -0.4 is 15.2 Å². The third-order valence-electron chi connectivity index (χ3n) is 6.72. The van der Waals surface area contributed by atoms with Gasteiger partial charge in [0.1, 0.15) is 18.8 Å². The maximum atomic E-state index is 12.5. The Labute approximate surface area is 243 Å². The van der Waals surface area contributed by atoms with Gasteiger partial charge in [0.2, 0.25) is 0 Å². The summed E-state index contributed by atoms with van der Waals surface area (Å²) in [6.07, 6.45) is -0.317. The van der Waals surface area contributed by atoms with Crippen molar-refractivity contribution in [3.05, 3.63) is 23.8 Å². The Balaban J connectivity index is 2.90. The molecule has 2 unspecified atom stereocenters. The van der Waals surface area contributed by atoms with E-state index < -0.39 is 35.8 Å². The number of benzene rings is 1. The zero-order valence-electron chi connectivity index (χ0n) is 25.7. The zero-order valence-corrected chi connectivity index (χ0v) is 25.7. The average Bonchev–Trinajstić information content (AvgIpc) is 2.94. The lowest BCUT2D eigenvalue weighted by Gasteiger charge is -2.23. The number of carbonyl (C=O) groups excluding carboxylic acids is 4. The van der Waals surface area contributed by atoms with Gasteiger partial charge < -0.3 is 34.2 Å². The average molecular weight is 582 g/mol. The molecule has 0 saturated carbocycles. The summed E-state index contributed by atoms with van der Waals surface area (Å²) in [6.45, 7) is 15.0. The standard InChI is InChI=1S/C30H47NO10/c1-9-19(4)16-37-28(34)40-24-13-12-22(15-25(24)41-29(35)38-17-20(5)10-2)14-23(31)26(32)36-18-21(6)39-27(33)30(7,8)11-3/h12-13,15,19-21,23H,9-11,14,16-18,31H2,1-8H3/t19?,20?,21-,23-/m0/s1. The minimum Gasteiger partial charge on any atom is -0.461 e. The van der Waals surface area contributed by atoms with Crippen molar-refractivity contribution in [1.29, 1.82) is 0 Å². The molecule has 0 aliphatic rings. The van der Waals surface area contributed by atoms with Gasteiger partial charge in [0, 0.05) is 0 Å². The lowest BCUT2D eigenvalue weighted by molar-refractivity contribution is -0.166. The molecule has 1 aromatic carbocycles. The van der Waals surface area contributed by atoms with E-state index in [1.54, 1.807) is 26.8 Å². The van der Waals surface area contributed by atoms with Crippen molar-refractivity contribution in [1.82, 2.24) is 0 Å². The normalized spacial score (nSPS) is 14.2. The molecule has 0 fully saturated rings. The molecule has 41 heavy (non-hydrogen) atoms. The molecule has 0 bridgehead atoms. The topological polar surface area (TPSA) is 150 Å². The van der Waals surface area contributed by atoms with Crippen LogP contribution in [0.5, 0.6) is 11.5 Å². The van der Waals surface area contributed by atoms with Gasteiger partial charge in [-0.1, -0.05) is 53.5 Å². The maximum Gasteiger partial charge on any atom is 0.513 e. The quantitative estimate of drug-likeness (QED) is 0.148.